The molecule has 0 aliphatic heterocycles. The van der Waals surface area contributed by atoms with Gasteiger partial charge in [-0.3, -0.25) is 4.79 Å². The number of nitrogens with zero attached hydrogens (tertiary/aromatic N) is 1. The van der Waals surface area contributed by atoms with Gasteiger partial charge in [0, 0.05) is 19.3 Å². The van der Waals surface area contributed by atoms with E-state index in [9.17, 15) is 14.0 Å². The van der Waals surface area contributed by atoms with E-state index in [1.54, 1.807) is 38.1 Å². The zero-order chi connectivity index (χ0) is 20.4. The molecule has 7 heteroatoms. The molecule has 0 fully saturated rings. The maximum Gasteiger partial charge on any atom is 0.343 e. The zero-order valence-corrected chi connectivity index (χ0v) is 15.6. The van der Waals surface area contributed by atoms with Gasteiger partial charge in [0.15, 0.2) is 5.82 Å². The monoisotopic (exact) mass is 386 g/mol. The summed E-state index contributed by atoms with van der Waals surface area (Å²) in [6.45, 7) is 3.93. The summed E-state index contributed by atoms with van der Waals surface area (Å²) in [6, 6.07) is 7.58. The van der Waals surface area contributed by atoms with E-state index in [1.807, 2.05) is 0 Å². The van der Waals surface area contributed by atoms with Gasteiger partial charge in [-0.25, -0.2) is 13.6 Å². The van der Waals surface area contributed by atoms with E-state index in [4.69, 9.17) is 10.5 Å². The molecular weight excluding hydrogens is 366 g/mol. The molecule has 2 N–H and O–H groups in total. The van der Waals surface area contributed by atoms with E-state index in [1.165, 1.54) is 10.8 Å². The van der Waals surface area contributed by atoms with Crippen molar-refractivity contribution in [3.05, 3.63) is 69.5 Å². The van der Waals surface area contributed by atoms with Crippen molar-refractivity contribution in [3.8, 4) is 11.1 Å². The second-order valence-electron chi connectivity index (χ2n) is 6.23. The molecule has 3 aromatic rings. The van der Waals surface area contributed by atoms with Gasteiger partial charge in [-0.15, -0.1) is 0 Å². The summed E-state index contributed by atoms with van der Waals surface area (Å²) >= 11 is 0. The van der Waals surface area contributed by atoms with Gasteiger partial charge >= 0.3 is 5.97 Å². The van der Waals surface area contributed by atoms with Crippen molar-refractivity contribution in [2.45, 2.75) is 26.9 Å². The van der Waals surface area contributed by atoms with Gasteiger partial charge < -0.3 is 15.0 Å². The molecule has 0 atom stereocenters. The van der Waals surface area contributed by atoms with Crippen molar-refractivity contribution in [2.24, 2.45) is 5.73 Å². The number of hydrogen-bond acceptors (Lipinski definition) is 4. The van der Waals surface area contributed by atoms with Gasteiger partial charge in [0.1, 0.15) is 11.4 Å². The number of benzene rings is 2. The number of ether oxygens (including phenoxy) is 1. The minimum Gasteiger partial charge on any atom is -0.462 e. The first-order chi connectivity index (χ1) is 13.4. The Hall–Kier alpha value is -3.06. The second kappa shape index (κ2) is 7.90. The average Bonchev–Trinajstić information content (AvgIpc) is 2.69. The highest BCUT2D eigenvalue weighted by molar-refractivity contribution is 5.95. The fraction of sp³-hybridized carbons (Fsp3) is 0.238. The Morgan fingerprint density at radius 1 is 1.21 bits per heavy atom. The van der Waals surface area contributed by atoms with E-state index < -0.39 is 23.0 Å². The van der Waals surface area contributed by atoms with Crippen molar-refractivity contribution in [3.63, 3.8) is 0 Å². The fourth-order valence-electron chi connectivity index (χ4n) is 3.21. The molecule has 0 aliphatic rings. The van der Waals surface area contributed by atoms with Crippen LogP contribution >= 0.6 is 0 Å². The summed E-state index contributed by atoms with van der Waals surface area (Å²) in [4.78, 5) is 24.8. The summed E-state index contributed by atoms with van der Waals surface area (Å²) in [5.41, 5.74) is 5.34. The summed E-state index contributed by atoms with van der Waals surface area (Å²) in [7, 11) is 0. The summed E-state index contributed by atoms with van der Waals surface area (Å²) in [5, 5.41) is -0.207. The number of carbonyl (C=O) groups excluding carboxylic acids is 1. The van der Waals surface area contributed by atoms with Crippen LogP contribution in [0.5, 0.6) is 0 Å². The second-order valence-corrected chi connectivity index (χ2v) is 6.23. The number of carbonyl (C=O) groups is 1. The molecule has 0 bridgehead atoms. The topological polar surface area (TPSA) is 74.3 Å². The van der Waals surface area contributed by atoms with E-state index >= 15 is 4.39 Å². The summed E-state index contributed by atoms with van der Waals surface area (Å²) < 4.78 is 36.6. The Morgan fingerprint density at radius 2 is 1.96 bits per heavy atom. The van der Waals surface area contributed by atoms with Gasteiger partial charge in [-0.1, -0.05) is 18.2 Å². The Morgan fingerprint density at radius 3 is 2.61 bits per heavy atom. The van der Waals surface area contributed by atoms with Crippen LogP contribution in [0.1, 0.15) is 29.8 Å². The van der Waals surface area contributed by atoms with Crippen LogP contribution in [0.15, 0.2) is 41.3 Å². The minimum absolute atomic E-state index is 0.0601. The van der Waals surface area contributed by atoms with Crippen LogP contribution in [-0.4, -0.2) is 17.1 Å². The van der Waals surface area contributed by atoms with Gasteiger partial charge in [0.2, 0.25) is 5.43 Å². The quantitative estimate of drug-likeness (QED) is 0.680. The van der Waals surface area contributed by atoms with Crippen LogP contribution in [0.2, 0.25) is 0 Å². The third-order valence-corrected chi connectivity index (χ3v) is 4.54. The molecule has 146 valence electrons. The van der Waals surface area contributed by atoms with Crippen molar-refractivity contribution in [1.29, 1.82) is 0 Å². The number of esters is 1. The molecule has 5 nitrogen and oxygen atoms in total. The number of hydrogen-bond donors (Lipinski definition) is 1. The molecule has 28 heavy (non-hydrogen) atoms. The van der Waals surface area contributed by atoms with Crippen molar-refractivity contribution >= 4 is 16.9 Å². The number of rotatable bonds is 5. The van der Waals surface area contributed by atoms with E-state index in [2.05, 4.69) is 0 Å². The van der Waals surface area contributed by atoms with Crippen LogP contribution in [0.25, 0.3) is 22.0 Å². The van der Waals surface area contributed by atoms with Crippen LogP contribution < -0.4 is 11.2 Å². The number of aryl methyl sites for hydroxylation is 1. The highest BCUT2D eigenvalue weighted by atomic mass is 19.1. The van der Waals surface area contributed by atoms with Crippen LogP contribution in [0.3, 0.4) is 0 Å². The third kappa shape index (κ3) is 3.29. The fourth-order valence-corrected chi connectivity index (χ4v) is 3.21. The molecule has 0 saturated heterocycles. The Kier molecular flexibility index (Phi) is 5.56. The number of pyridine rings is 1. The SMILES string of the molecule is CCOC(=O)c1cn(CC)c2c(F)c(-c3cccc(CN)c3)c(F)cc2c1=O. The zero-order valence-electron chi connectivity index (χ0n) is 15.6. The lowest BCUT2D eigenvalue weighted by molar-refractivity contribution is 0.0524. The van der Waals surface area contributed by atoms with Crippen LogP contribution in [0.4, 0.5) is 8.78 Å². The van der Waals surface area contributed by atoms with E-state index in [-0.39, 0.29) is 41.7 Å². The van der Waals surface area contributed by atoms with Crippen molar-refractivity contribution in [2.75, 3.05) is 6.61 Å². The maximum atomic E-state index is 15.4. The Balaban J connectivity index is 2.36. The molecule has 0 saturated carbocycles. The standard InChI is InChI=1S/C21H20F2N2O3/c1-3-25-11-15(21(27)28-4-2)20(26)14-9-16(22)17(18(23)19(14)25)13-7-5-6-12(8-13)10-24/h5-9,11H,3-4,10,24H2,1-2H3. The Labute approximate surface area is 160 Å². The molecule has 1 aromatic heterocycles. The summed E-state index contributed by atoms with van der Waals surface area (Å²) in [5.74, 6) is -2.57. The molecular formula is C21H20F2N2O3. The number of nitrogens with two attached hydrogens (primary N) is 1. The third-order valence-electron chi connectivity index (χ3n) is 4.54. The van der Waals surface area contributed by atoms with Crippen LogP contribution in [-0.2, 0) is 17.8 Å². The molecule has 0 unspecified atom stereocenters. The average molecular weight is 386 g/mol. The molecule has 3 rings (SSSR count). The predicted octanol–water partition coefficient (Wildman–Crippen LogP) is 3.60. The highest BCUT2D eigenvalue weighted by Crippen LogP contribution is 2.31. The highest BCUT2D eigenvalue weighted by Gasteiger charge is 2.23. The smallest absolute Gasteiger partial charge is 0.343 e. The molecule has 0 spiro atoms. The van der Waals surface area contributed by atoms with Crippen molar-refractivity contribution in [1.82, 2.24) is 4.57 Å². The molecule has 1 heterocycles. The first kappa shape index (κ1) is 19.7. The lowest BCUT2D eigenvalue weighted by Gasteiger charge is -2.15. The van der Waals surface area contributed by atoms with Crippen LogP contribution in [0, 0.1) is 11.6 Å². The minimum atomic E-state index is -0.889. The lowest BCUT2D eigenvalue weighted by atomic mass is 9.99. The largest absolute Gasteiger partial charge is 0.462 e. The van der Waals surface area contributed by atoms with Gasteiger partial charge in [-0.2, -0.15) is 0 Å². The lowest BCUT2D eigenvalue weighted by Crippen LogP contribution is -2.21. The van der Waals surface area contributed by atoms with Gasteiger partial charge in [0.05, 0.1) is 23.1 Å². The number of aromatic nitrogens is 1. The molecule has 2 aromatic carbocycles. The molecule has 0 amide bonds. The first-order valence-corrected chi connectivity index (χ1v) is 8.94. The normalized spacial score (nSPS) is 11.0. The predicted molar refractivity (Wildman–Crippen MR) is 103 cm³/mol. The number of fused-ring (bicyclic) bond motifs is 1. The first-order valence-electron chi connectivity index (χ1n) is 8.94. The number of halogens is 2. The van der Waals surface area contributed by atoms with Crippen molar-refractivity contribution < 1.29 is 18.3 Å². The van der Waals surface area contributed by atoms with Gasteiger partial charge in [0.25, 0.3) is 0 Å². The molecule has 0 aliphatic carbocycles. The molecule has 0 radical (unpaired) electrons. The summed E-state index contributed by atoms with van der Waals surface area (Å²) in [6.07, 6.45) is 1.25. The Bertz CT molecular complexity index is 1120. The van der Waals surface area contributed by atoms with E-state index in [0.717, 1.165) is 11.6 Å². The van der Waals surface area contributed by atoms with Gasteiger partial charge in [-0.05, 0) is 37.1 Å². The van der Waals surface area contributed by atoms with E-state index in [0.29, 0.717) is 5.56 Å². The maximum absolute atomic E-state index is 15.4.